The summed E-state index contributed by atoms with van der Waals surface area (Å²) in [6.07, 6.45) is -0.0514. The lowest BCUT2D eigenvalue weighted by Crippen LogP contribution is -2.41. The smallest absolute Gasteiger partial charge is 0.360 e. The van der Waals surface area contributed by atoms with Crippen molar-refractivity contribution in [3.63, 3.8) is 0 Å². The summed E-state index contributed by atoms with van der Waals surface area (Å²) < 4.78 is 36.9. The van der Waals surface area contributed by atoms with Crippen molar-refractivity contribution in [3.8, 4) is 0 Å². The van der Waals surface area contributed by atoms with Crippen molar-refractivity contribution >= 4 is 16.5 Å². The minimum Gasteiger partial charge on any atom is -0.360 e. The summed E-state index contributed by atoms with van der Waals surface area (Å²) in [5.41, 5.74) is 0. The molecule has 4 nitrogen and oxygen atoms in total. The largest absolute Gasteiger partial charge is 0.401 e. The Morgan fingerprint density at radius 2 is 1.86 bits per heavy atom. The first-order valence-corrected chi connectivity index (χ1v) is 8.17. The Hall–Kier alpha value is -0.890. The summed E-state index contributed by atoms with van der Waals surface area (Å²) in [6.45, 7) is 1.04. The Bertz CT molecular complexity index is 464. The van der Waals surface area contributed by atoms with E-state index in [9.17, 15) is 13.2 Å². The van der Waals surface area contributed by atoms with Crippen LogP contribution in [-0.2, 0) is 0 Å². The summed E-state index contributed by atoms with van der Waals surface area (Å²) in [7, 11) is 0. The lowest BCUT2D eigenvalue weighted by molar-refractivity contribution is -0.148. The maximum atomic E-state index is 12.3. The van der Waals surface area contributed by atoms with Crippen molar-refractivity contribution in [2.75, 3.05) is 31.5 Å². The molecule has 1 aliphatic heterocycles. The molecule has 0 radical (unpaired) electrons. The molecule has 0 aromatic carbocycles. The molecule has 3 rings (SSSR count). The van der Waals surface area contributed by atoms with E-state index in [0.717, 1.165) is 29.5 Å². The maximum Gasteiger partial charge on any atom is 0.401 e. The molecule has 1 saturated heterocycles. The average Bonchev–Trinajstić information content (AvgIpc) is 3.16. The lowest BCUT2D eigenvalue weighted by Gasteiger charge is -2.32. The van der Waals surface area contributed by atoms with Crippen LogP contribution in [0.5, 0.6) is 0 Å². The van der Waals surface area contributed by atoms with Gasteiger partial charge in [0.05, 0.1) is 6.54 Å². The van der Waals surface area contributed by atoms with Gasteiger partial charge in [0.15, 0.2) is 0 Å². The Morgan fingerprint density at radius 1 is 1.14 bits per heavy atom. The molecule has 1 saturated carbocycles. The van der Waals surface area contributed by atoms with Gasteiger partial charge < -0.3 is 5.32 Å². The third kappa shape index (κ3) is 4.54. The molecule has 0 amide bonds. The molecule has 2 heterocycles. The lowest BCUT2D eigenvalue weighted by atomic mass is 9.97. The Kier molecular flexibility index (Phi) is 4.35. The third-order valence-electron chi connectivity index (χ3n) is 4.02. The standard InChI is InChI=1S/C13H19F3N4S/c14-13(15,16)8-20-5-3-9(4-6-20)7-17-12-19-18-11(21-12)10-1-2-10/h9-10H,1-8H2,(H,17,19). The Balaban J connectivity index is 1.38. The fourth-order valence-corrected chi connectivity index (χ4v) is 3.55. The van der Waals surface area contributed by atoms with Gasteiger partial charge in [-0.1, -0.05) is 11.3 Å². The van der Waals surface area contributed by atoms with Crippen molar-refractivity contribution in [1.82, 2.24) is 15.1 Å². The van der Waals surface area contributed by atoms with Gasteiger partial charge in [-0.05, 0) is 44.7 Å². The normalized spacial score (nSPS) is 21.7. The highest BCUT2D eigenvalue weighted by Crippen LogP contribution is 2.42. The van der Waals surface area contributed by atoms with E-state index < -0.39 is 12.7 Å². The van der Waals surface area contributed by atoms with E-state index in [1.807, 2.05) is 0 Å². The second kappa shape index (κ2) is 6.08. The zero-order valence-corrected chi connectivity index (χ0v) is 12.5. The molecular formula is C13H19F3N4S. The monoisotopic (exact) mass is 320 g/mol. The summed E-state index contributed by atoms with van der Waals surface area (Å²) >= 11 is 1.61. The van der Waals surface area contributed by atoms with Gasteiger partial charge in [-0.25, -0.2) is 0 Å². The number of rotatable bonds is 5. The molecule has 118 valence electrons. The highest BCUT2D eigenvalue weighted by atomic mass is 32.1. The van der Waals surface area contributed by atoms with Crippen LogP contribution in [0.1, 0.15) is 36.6 Å². The number of hydrogen-bond acceptors (Lipinski definition) is 5. The topological polar surface area (TPSA) is 41.0 Å². The molecule has 8 heteroatoms. The number of hydrogen-bond donors (Lipinski definition) is 1. The van der Waals surface area contributed by atoms with Gasteiger partial charge in [-0.3, -0.25) is 4.90 Å². The van der Waals surface area contributed by atoms with E-state index in [-0.39, 0.29) is 0 Å². The van der Waals surface area contributed by atoms with E-state index >= 15 is 0 Å². The molecule has 0 atom stereocenters. The quantitative estimate of drug-likeness (QED) is 0.905. The average molecular weight is 320 g/mol. The molecule has 1 aromatic heterocycles. The van der Waals surface area contributed by atoms with Crippen LogP contribution in [0.2, 0.25) is 0 Å². The highest BCUT2D eigenvalue weighted by molar-refractivity contribution is 7.15. The molecule has 0 spiro atoms. The van der Waals surface area contributed by atoms with Crippen LogP contribution in [0.4, 0.5) is 18.3 Å². The predicted octanol–water partition coefficient (Wildman–Crippen LogP) is 3.10. The second-order valence-corrected chi connectivity index (χ2v) is 6.94. The van der Waals surface area contributed by atoms with Gasteiger partial charge in [0, 0.05) is 12.5 Å². The first-order chi connectivity index (χ1) is 9.99. The molecule has 2 aliphatic rings. The molecule has 1 aromatic rings. The van der Waals surface area contributed by atoms with Gasteiger partial charge in [-0.15, -0.1) is 10.2 Å². The molecule has 0 unspecified atom stereocenters. The maximum absolute atomic E-state index is 12.3. The molecule has 21 heavy (non-hydrogen) atoms. The molecule has 0 bridgehead atoms. The number of piperidine rings is 1. The van der Waals surface area contributed by atoms with Crippen molar-refractivity contribution in [2.45, 2.75) is 37.8 Å². The number of likely N-dealkylation sites (tertiary alicyclic amines) is 1. The van der Waals surface area contributed by atoms with Crippen LogP contribution in [0, 0.1) is 5.92 Å². The van der Waals surface area contributed by atoms with Crippen LogP contribution >= 0.6 is 11.3 Å². The predicted molar refractivity (Wildman–Crippen MR) is 75.6 cm³/mol. The van der Waals surface area contributed by atoms with Gasteiger partial charge in [0.1, 0.15) is 5.01 Å². The molecule has 2 fully saturated rings. The van der Waals surface area contributed by atoms with Crippen molar-refractivity contribution in [1.29, 1.82) is 0 Å². The van der Waals surface area contributed by atoms with E-state index in [0.29, 0.717) is 24.9 Å². The number of nitrogens with zero attached hydrogens (tertiary/aromatic N) is 3. The van der Waals surface area contributed by atoms with E-state index in [1.54, 1.807) is 11.3 Å². The van der Waals surface area contributed by atoms with E-state index in [4.69, 9.17) is 0 Å². The van der Waals surface area contributed by atoms with Gasteiger partial charge >= 0.3 is 6.18 Å². The minimum atomic E-state index is -4.09. The van der Waals surface area contributed by atoms with Crippen LogP contribution in [-0.4, -0.2) is 47.5 Å². The van der Waals surface area contributed by atoms with Crippen LogP contribution in [0.3, 0.4) is 0 Å². The van der Waals surface area contributed by atoms with Crippen molar-refractivity contribution in [3.05, 3.63) is 5.01 Å². The summed E-state index contributed by atoms with van der Waals surface area (Å²) in [5, 5.41) is 13.5. The van der Waals surface area contributed by atoms with Crippen LogP contribution in [0.15, 0.2) is 0 Å². The first kappa shape index (κ1) is 15.0. The van der Waals surface area contributed by atoms with Gasteiger partial charge in [-0.2, -0.15) is 13.2 Å². The third-order valence-corrected chi connectivity index (χ3v) is 5.06. The second-order valence-electron chi connectivity index (χ2n) is 5.94. The zero-order chi connectivity index (χ0) is 14.9. The highest BCUT2D eigenvalue weighted by Gasteiger charge is 2.32. The fourth-order valence-electron chi connectivity index (χ4n) is 2.64. The molecule has 1 N–H and O–H groups in total. The number of halogens is 3. The number of nitrogens with one attached hydrogen (secondary N) is 1. The van der Waals surface area contributed by atoms with Gasteiger partial charge in [0.25, 0.3) is 0 Å². The zero-order valence-electron chi connectivity index (χ0n) is 11.7. The number of aromatic nitrogens is 2. The summed E-state index contributed by atoms with van der Waals surface area (Å²) in [4.78, 5) is 1.49. The van der Waals surface area contributed by atoms with Crippen LogP contribution < -0.4 is 5.32 Å². The first-order valence-electron chi connectivity index (χ1n) is 7.36. The molecule has 1 aliphatic carbocycles. The van der Waals surface area contributed by atoms with E-state index in [1.165, 1.54) is 17.7 Å². The number of alkyl halides is 3. The van der Waals surface area contributed by atoms with Crippen molar-refractivity contribution in [2.24, 2.45) is 5.92 Å². The van der Waals surface area contributed by atoms with E-state index in [2.05, 4.69) is 15.5 Å². The van der Waals surface area contributed by atoms with Gasteiger partial charge in [0.2, 0.25) is 5.13 Å². The Labute approximate surface area is 125 Å². The SMILES string of the molecule is FC(F)(F)CN1CCC(CNc2nnc(C3CC3)s2)CC1. The fraction of sp³-hybridized carbons (Fsp3) is 0.846. The molecular weight excluding hydrogens is 301 g/mol. The summed E-state index contributed by atoms with van der Waals surface area (Å²) in [5.74, 6) is 1.03. The number of anilines is 1. The minimum absolute atomic E-state index is 0.419. The summed E-state index contributed by atoms with van der Waals surface area (Å²) in [6, 6.07) is 0. The Morgan fingerprint density at radius 3 is 2.48 bits per heavy atom. The van der Waals surface area contributed by atoms with Crippen molar-refractivity contribution < 1.29 is 13.2 Å². The van der Waals surface area contributed by atoms with Crippen LogP contribution in [0.25, 0.3) is 0 Å².